The summed E-state index contributed by atoms with van der Waals surface area (Å²) in [5.41, 5.74) is 0. The number of ether oxygens (including phenoxy) is 2. The Kier molecular flexibility index (Phi) is 40.7. The Labute approximate surface area is 357 Å². The first-order valence-corrected chi connectivity index (χ1v) is 23.7. The number of carbonyl (C=O) groups is 2. The molecule has 0 amide bonds. The van der Waals surface area contributed by atoms with Gasteiger partial charge < -0.3 is 24.6 Å². The maximum absolute atomic E-state index is 12.4. The van der Waals surface area contributed by atoms with Crippen molar-refractivity contribution in [2.24, 2.45) is 0 Å². The molecule has 0 radical (unpaired) electrons. The first-order valence-electron chi connectivity index (χ1n) is 22.2. The van der Waals surface area contributed by atoms with Crippen LogP contribution in [-0.2, 0) is 32.7 Å². The van der Waals surface area contributed by atoms with Crippen molar-refractivity contribution in [2.45, 2.75) is 167 Å². The summed E-state index contributed by atoms with van der Waals surface area (Å²) in [6.07, 6.45) is 52.4. The van der Waals surface area contributed by atoms with Gasteiger partial charge in [-0.3, -0.25) is 18.6 Å². The van der Waals surface area contributed by atoms with Gasteiger partial charge in [0, 0.05) is 12.8 Å². The van der Waals surface area contributed by atoms with Gasteiger partial charge in [-0.15, -0.1) is 0 Å². The fraction of sp³-hybridized carbons (Fsp3) is 0.625. The fourth-order valence-corrected chi connectivity index (χ4v) is 6.17. The molecule has 0 fully saturated rings. The molecule has 0 saturated carbocycles. The predicted octanol–water partition coefficient (Wildman–Crippen LogP) is 12.0. The second-order valence-corrected chi connectivity index (χ2v) is 15.7. The number of unbranched alkanes of at least 4 members (excludes halogenated alkanes) is 10. The molecule has 0 aliphatic carbocycles. The highest BCUT2D eigenvalue weighted by Gasteiger charge is 2.27. The van der Waals surface area contributed by atoms with E-state index in [9.17, 15) is 29.3 Å². The summed E-state index contributed by atoms with van der Waals surface area (Å²) < 4.78 is 32.5. The Morgan fingerprint density at radius 2 is 0.814 bits per heavy atom. The largest absolute Gasteiger partial charge is 0.472 e. The minimum Gasteiger partial charge on any atom is -0.457 e. The maximum atomic E-state index is 12.4. The average molecular weight is 847 g/mol. The first kappa shape index (κ1) is 55.9. The number of aliphatic hydroxyl groups is 2. The molecule has 0 saturated heterocycles. The fourth-order valence-electron chi connectivity index (χ4n) is 5.39. The van der Waals surface area contributed by atoms with Gasteiger partial charge in [-0.25, -0.2) is 4.57 Å². The van der Waals surface area contributed by atoms with Crippen LogP contribution in [0.2, 0.25) is 0 Å². The van der Waals surface area contributed by atoms with Crippen LogP contribution in [0.5, 0.6) is 0 Å². The number of rotatable bonds is 40. The van der Waals surface area contributed by atoms with Crippen LogP contribution in [0.3, 0.4) is 0 Å². The zero-order valence-electron chi connectivity index (χ0n) is 36.4. The Hall–Kier alpha value is -3.11. The van der Waals surface area contributed by atoms with Gasteiger partial charge in [0.1, 0.15) is 12.2 Å². The third kappa shape index (κ3) is 41.4. The summed E-state index contributed by atoms with van der Waals surface area (Å²) in [7, 11) is -4.66. The minimum atomic E-state index is -4.66. The Bertz CT molecular complexity index is 1300. The van der Waals surface area contributed by atoms with Gasteiger partial charge >= 0.3 is 19.8 Å². The lowest BCUT2D eigenvalue weighted by Crippen LogP contribution is -2.28. The van der Waals surface area contributed by atoms with Crippen molar-refractivity contribution in [1.29, 1.82) is 0 Å². The molecule has 0 aliphatic rings. The highest BCUT2D eigenvalue weighted by molar-refractivity contribution is 7.47. The van der Waals surface area contributed by atoms with E-state index in [1.807, 2.05) is 12.2 Å². The Morgan fingerprint density at radius 3 is 1.22 bits per heavy atom. The number of aliphatic hydroxyl groups excluding tert-OH is 2. The molecule has 336 valence electrons. The van der Waals surface area contributed by atoms with Crippen molar-refractivity contribution in [2.75, 3.05) is 26.4 Å². The molecule has 59 heavy (non-hydrogen) atoms. The molecule has 3 N–H and O–H groups in total. The van der Waals surface area contributed by atoms with Crippen LogP contribution in [0.25, 0.3) is 0 Å². The van der Waals surface area contributed by atoms with Crippen molar-refractivity contribution >= 4 is 19.8 Å². The van der Waals surface area contributed by atoms with Gasteiger partial charge in [0.05, 0.1) is 26.4 Å². The summed E-state index contributed by atoms with van der Waals surface area (Å²) in [6.45, 7) is 1.97. The molecule has 11 heteroatoms. The summed E-state index contributed by atoms with van der Waals surface area (Å²) in [6, 6.07) is 0. The minimum absolute atomic E-state index is 0.107. The number of hydrogen-bond acceptors (Lipinski definition) is 9. The number of phosphoric acid groups is 1. The van der Waals surface area contributed by atoms with E-state index in [1.54, 1.807) is 0 Å². The smallest absolute Gasteiger partial charge is 0.457 e. The van der Waals surface area contributed by atoms with Gasteiger partial charge in [0.2, 0.25) is 0 Å². The molecule has 0 aromatic heterocycles. The van der Waals surface area contributed by atoms with Gasteiger partial charge in [-0.2, -0.15) is 0 Å². The van der Waals surface area contributed by atoms with Gasteiger partial charge in [0.25, 0.3) is 0 Å². The summed E-state index contributed by atoms with van der Waals surface area (Å²) in [5.74, 6) is -1.10. The zero-order chi connectivity index (χ0) is 43.3. The van der Waals surface area contributed by atoms with Crippen molar-refractivity contribution < 1.29 is 47.8 Å². The Balaban J connectivity index is 4.03. The van der Waals surface area contributed by atoms with E-state index in [-0.39, 0.29) is 12.8 Å². The lowest BCUT2D eigenvalue weighted by Gasteiger charge is -2.20. The van der Waals surface area contributed by atoms with Crippen molar-refractivity contribution in [3.05, 3.63) is 97.2 Å². The van der Waals surface area contributed by atoms with E-state index in [0.29, 0.717) is 19.3 Å². The number of phosphoric ester groups is 1. The normalized spacial score (nSPS) is 14.7. The number of allylic oxidation sites excluding steroid dienone is 16. The third-order valence-electron chi connectivity index (χ3n) is 8.78. The summed E-state index contributed by atoms with van der Waals surface area (Å²) >= 11 is 0. The molecule has 3 unspecified atom stereocenters. The van der Waals surface area contributed by atoms with Crippen LogP contribution in [0.1, 0.15) is 155 Å². The first-order chi connectivity index (χ1) is 28.8. The van der Waals surface area contributed by atoms with Crippen LogP contribution in [0, 0.1) is 0 Å². The molecular formula is C48H79O10P. The SMILES string of the molecule is CC/C=C\C/C=C\C/C=C\C/C=C\C/C=C\CCCC(=O)OC(CO)COP(=O)(O)OCC(CO)OC(=O)CCCCCCCC/C=C\C/C=C\C/C=C\CCCCC. The van der Waals surface area contributed by atoms with E-state index in [4.69, 9.17) is 18.5 Å². The second kappa shape index (κ2) is 43.0. The van der Waals surface area contributed by atoms with Crippen molar-refractivity contribution in [3.8, 4) is 0 Å². The van der Waals surface area contributed by atoms with E-state index >= 15 is 0 Å². The predicted molar refractivity (Wildman–Crippen MR) is 242 cm³/mol. The summed E-state index contributed by atoms with van der Waals surface area (Å²) in [4.78, 5) is 34.5. The molecule has 0 heterocycles. The molecule has 0 aromatic rings. The highest BCUT2D eigenvalue weighted by Crippen LogP contribution is 2.43. The topological polar surface area (TPSA) is 149 Å². The lowest BCUT2D eigenvalue weighted by molar-refractivity contribution is -0.153. The van der Waals surface area contributed by atoms with E-state index < -0.39 is 58.4 Å². The molecular weight excluding hydrogens is 767 g/mol. The maximum Gasteiger partial charge on any atom is 0.472 e. The molecule has 0 aromatic carbocycles. The quantitative estimate of drug-likeness (QED) is 0.0235. The lowest BCUT2D eigenvalue weighted by atomic mass is 10.1. The highest BCUT2D eigenvalue weighted by atomic mass is 31.2. The van der Waals surface area contributed by atoms with Crippen LogP contribution in [-0.4, -0.2) is 65.7 Å². The monoisotopic (exact) mass is 847 g/mol. The third-order valence-corrected chi connectivity index (χ3v) is 9.73. The van der Waals surface area contributed by atoms with Crippen LogP contribution >= 0.6 is 7.82 Å². The molecule has 0 rings (SSSR count). The van der Waals surface area contributed by atoms with Gasteiger partial charge in [-0.05, 0) is 89.9 Å². The molecule has 0 bridgehead atoms. The van der Waals surface area contributed by atoms with Gasteiger partial charge in [-0.1, -0.05) is 150 Å². The molecule has 10 nitrogen and oxygen atoms in total. The number of esters is 2. The van der Waals surface area contributed by atoms with E-state index in [0.717, 1.165) is 83.5 Å². The standard InChI is InChI=1S/C48H79O10P/c1-3-5-7-9-11-13-15-17-19-21-22-24-26-28-30-32-34-36-38-40-48(52)58-46(42-50)44-56-59(53,54)55-43-45(41-49)57-47(51)39-37-35-33-31-29-27-25-23-20-18-16-14-12-10-8-6-4-2/h6,8,11-14,17-20,22,24-25,27,31,33,45-46,49-50H,3-5,7,9-10,15-16,21,23,26,28-30,32,34-44H2,1-2H3,(H,53,54)/b8-6-,13-11-,14-12-,19-17-,20-18-,24-22-,27-25-,33-31-. The molecule has 0 aliphatic heterocycles. The second-order valence-electron chi connectivity index (χ2n) is 14.3. The average Bonchev–Trinajstić information content (AvgIpc) is 3.22. The van der Waals surface area contributed by atoms with Crippen molar-refractivity contribution in [3.63, 3.8) is 0 Å². The number of hydrogen-bond donors (Lipinski definition) is 3. The Morgan fingerprint density at radius 1 is 0.475 bits per heavy atom. The van der Waals surface area contributed by atoms with E-state index in [2.05, 4.69) is 98.9 Å². The zero-order valence-corrected chi connectivity index (χ0v) is 37.3. The van der Waals surface area contributed by atoms with Crippen LogP contribution in [0.4, 0.5) is 0 Å². The van der Waals surface area contributed by atoms with Crippen molar-refractivity contribution in [1.82, 2.24) is 0 Å². The molecule has 0 spiro atoms. The van der Waals surface area contributed by atoms with Crippen LogP contribution in [0.15, 0.2) is 97.2 Å². The van der Waals surface area contributed by atoms with Gasteiger partial charge in [0.15, 0.2) is 0 Å². The van der Waals surface area contributed by atoms with E-state index in [1.165, 1.54) is 25.7 Å². The molecule has 3 atom stereocenters. The summed E-state index contributed by atoms with van der Waals surface area (Å²) in [5, 5.41) is 19.2. The number of carbonyl (C=O) groups excluding carboxylic acids is 2. The van der Waals surface area contributed by atoms with Crippen LogP contribution < -0.4 is 0 Å².